The van der Waals surface area contributed by atoms with Crippen LogP contribution in [0.1, 0.15) is 148 Å². The Morgan fingerprint density at radius 3 is 1.73 bits per heavy atom. The van der Waals surface area contributed by atoms with Crippen molar-refractivity contribution in [1.82, 2.24) is 46.0 Å². The molecule has 2 aliphatic carbocycles. The third kappa shape index (κ3) is 23.6. The minimum absolute atomic E-state index is 0.0379. The summed E-state index contributed by atoms with van der Waals surface area (Å²) in [4.78, 5) is 133. The van der Waals surface area contributed by atoms with Gasteiger partial charge in [-0.05, 0) is 123 Å². The van der Waals surface area contributed by atoms with Crippen LogP contribution < -0.4 is 45.5 Å². The number of hydrogen-bond acceptors (Lipinski definition) is 23. The Hall–Kier alpha value is -9.10. The molecule has 0 spiro atoms. The molecule has 115 heavy (non-hydrogen) atoms. The molecular weight excluding hydrogens is 1550 g/mol. The lowest BCUT2D eigenvalue weighted by atomic mass is 9.85. The van der Waals surface area contributed by atoms with Crippen LogP contribution in [0.15, 0.2) is 96.9 Å². The summed E-state index contributed by atoms with van der Waals surface area (Å²) in [6.45, 7) is 28.8. The second-order valence-corrected chi connectivity index (χ2v) is 36.8. The van der Waals surface area contributed by atoms with Crippen molar-refractivity contribution in [2.24, 2.45) is 16.7 Å². The van der Waals surface area contributed by atoms with Crippen molar-refractivity contribution >= 4 is 95.3 Å². The number of alkyl halides is 2. The van der Waals surface area contributed by atoms with E-state index in [1.807, 2.05) is 70.3 Å². The normalized spacial score (nSPS) is 20.0. The number of alkyl carbamates (subject to hydrolysis) is 2. The van der Waals surface area contributed by atoms with Crippen LogP contribution in [0.25, 0.3) is 44.5 Å². The van der Waals surface area contributed by atoms with Gasteiger partial charge in [0.1, 0.15) is 88.1 Å². The summed E-state index contributed by atoms with van der Waals surface area (Å²) >= 11 is 1.43. The standard InChI is InChI=1S/C45H63N6O11PS.C35H45F2N4O9P/c1-10-28-23-45(28,41(54)57-11-2)50-39(52)36-21-31(24-51(36)40(53)38(44(7,8)9)49-43(55)62-29-16-14-15-17-29)61-37-22-34(35-25-64-42(48-35)46-27(5)6)47-33-20-30(18-19-32(33)37)58-26-63(56,59-12-3)60-13-4;1-34(2,3)30(40-33(44)50-35(4,5)6)32(43)41-19-22(16-26(41)31(42)39-29(18-28(36)37)51(45,46)47)49-27-17-24(20-11-9-8-10-12-20)38-25-15-21(48-7)13-14-23(25)27/h10,18-20,22,25,27-29,31,36,38H,1,11-17,21,23-24,26H2,2-9H3,(H,46,48)(H,49,55)(H,50,52);8-15,17,22,26,28-30H,16,18-19H2,1-7H3,(H,39,42)(H,40,44)(H2,45,46,47)/t28-,31-,36+,38-,45-;22-,26+,29?,30-/m11/s1. The Morgan fingerprint density at radius 2 is 1.23 bits per heavy atom. The molecule has 30 nitrogen and oxygen atoms in total. The van der Waals surface area contributed by atoms with Gasteiger partial charge in [-0.2, -0.15) is 0 Å². The zero-order valence-electron chi connectivity index (χ0n) is 67.7. The molecule has 5 heterocycles. The van der Waals surface area contributed by atoms with Gasteiger partial charge in [-0.3, -0.25) is 28.3 Å². The highest BCUT2D eigenvalue weighted by molar-refractivity contribution is 7.53. The number of anilines is 1. The number of pyridine rings is 2. The fraction of sp³-hybridized carbons (Fsp3) is 0.550. The Kier molecular flexibility index (Phi) is 29.6. The van der Waals surface area contributed by atoms with Crippen LogP contribution in [0.4, 0.5) is 23.5 Å². The molecule has 2 aliphatic heterocycles. The third-order valence-corrected chi connectivity index (χ3v) is 23.1. The molecule has 3 aromatic heterocycles. The summed E-state index contributed by atoms with van der Waals surface area (Å²) in [7, 11) is -7.24. The summed E-state index contributed by atoms with van der Waals surface area (Å²) in [6, 6.07) is 18.5. The average Bonchev–Trinajstić information content (AvgIpc) is 1.58. The number of nitrogens with zero attached hydrogens (tertiary/aromatic N) is 5. The first-order valence-electron chi connectivity index (χ1n) is 38.5. The van der Waals surface area contributed by atoms with Crippen LogP contribution in [0.3, 0.4) is 0 Å². The number of carbonyl (C=O) groups excluding carboxylic acids is 7. The van der Waals surface area contributed by atoms with Crippen LogP contribution >= 0.6 is 26.5 Å². The number of amides is 6. The zero-order chi connectivity index (χ0) is 84.3. The third-order valence-electron chi connectivity index (χ3n) is 19.4. The SMILES string of the molecule is C=C[C@@H]1C[C@]1(NC(=O)[C@@H]1C[C@@H](Oc2cc(-c3csc(NC(C)C)n3)nc3cc(OCP(=O)(OCC)OCC)ccc23)CN1C(=O)[C@@H](NC(=O)OC1CCCC1)C(C)(C)C)C(=O)OCC.COc1ccc2c(O[C@@H]3C[C@@H](C(=O)NC(CC(F)F)P(=O)(O)O)N(C(=O)[C@@H](NC(=O)OC(C)(C)C)C(C)(C)C)C3)cc(-c3ccccc3)nc2c1. The van der Waals surface area contributed by atoms with Gasteiger partial charge in [0.15, 0.2) is 11.5 Å². The molecule has 4 aliphatic rings. The number of likely N-dealkylation sites (tertiary alicyclic amines) is 2. The number of ether oxygens (including phenoxy) is 7. The van der Waals surface area contributed by atoms with Gasteiger partial charge in [-0.15, -0.1) is 17.9 Å². The topological polar surface area (TPSA) is 382 Å². The highest BCUT2D eigenvalue weighted by atomic mass is 32.1. The van der Waals surface area contributed by atoms with Gasteiger partial charge in [0.2, 0.25) is 30.1 Å². The highest BCUT2D eigenvalue weighted by Gasteiger charge is 2.62. The quantitative estimate of drug-likeness (QED) is 0.00920. The van der Waals surface area contributed by atoms with Gasteiger partial charge in [-0.1, -0.05) is 78.0 Å². The van der Waals surface area contributed by atoms with Crippen LogP contribution in [-0.4, -0.2) is 195 Å². The zero-order valence-corrected chi connectivity index (χ0v) is 70.3. The van der Waals surface area contributed by atoms with Crippen LogP contribution in [0, 0.1) is 16.7 Å². The molecule has 10 rings (SSSR count). The predicted octanol–water partition coefficient (Wildman–Crippen LogP) is 13.3. The molecule has 0 radical (unpaired) electrons. The number of fused-ring (bicyclic) bond motifs is 2. The summed E-state index contributed by atoms with van der Waals surface area (Å²) in [5.74, 6) is -4.31. The summed E-state index contributed by atoms with van der Waals surface area (Å²) in [5.41, 5.74) is -0.484. The molecule has 2 saturated carbocycles. The molecule has 35 heteroatoms. The molecule has 628 valence electrons. The molecule has 0 bridgehead atoms. The lowest BCUT2D eigenvalue weighted by Crippen LogP contribution is -2.59. The van der Waals surface area contributed by atoms with E-state index in [4.69, 9.17) is 57.2 Å². The van der Waals surface area contributed by atoms with Crippen LogP contribution in [0.2, 0.25) is 0 Å². The number of carbonyl (C=O) groups is 7. The van der Waals surface area contributed by atoms with Gasteiger partial charge in [0.05, 0.1) is 62.4 Å². The fourth-order valence-electron chi connectivity index (χ4n) is 13.8. The van der Waals surface area contributed by atoms with E-state index in [-0.39, 0.29) is 70.2 Å². The van der Waals surface area contributed by atoms with Gasteiger partial charge in [0.25, 0.3) is 0 Å². The Labute approximate surface area is 672 Å². The van der Waals surface area contributed by atoms with Crippen LogP contribution in [0.5, 0.6) is 23.0 Å². The van der Waals surface area contributed by atoms with E-state index < -0.39 is 134 Å². The first-order chi connectivity index (χ1) is 54.1. The largest absolute Gasteiger partial charge is 0.497 e. The van der Waals surface area contributed by atoms with Crippen molar-refractivity contribution < 1.29 is 103 Å². The number of halogens is 2. The van der Waals surface area contributed by atoms with Crippen molar-refractivity contribution in [3.05, 3.63) is 96.9 Å². The van der Waals surface area contributed by atoms with Crippen molar-refractivity contribution in [3.63, 3.8) is 0 Å². The van der Waals surface area contributed by atoms with Crippen LogP contribution in [-0.2, 0) is 56.4 Å². The van der Waals surface area contributed by atoms with E-state index in [1.165, 1.54) is 23.3 Å². The number of nitrogens with one attached hydrogen (secondary N) is 5. The predicted molar refractivity (Wildman–Crippen MR) is 429 cm³/mol. The van der Waals surface area contributed by atoms with E-state index >= 15 is 0 Å². The monoisotopic (exact) mass is 1660 g/mol. The Balaban J connectivity index is 0.000000270. The van der Waals surface area contributed by atoms with E-state index in [9.17, 15) is 61.3 Å². The van der Waals surface area contributed by atoms with Gasteiger partial charge < -0.3 is 88.4 Å². The number of rotatable bonds is 31. The maximum absolute atomic E-state index is 14.8. The number of thiazole rings is 1. The van der Waals surface area contributed by atoms with Gasteiger partial charge >= 0.3 is 33.3 Å². The Morgan fingerprint density at radius 1 is 0.687 bits per heavy atom. The maximum Gasteiger partial charge on any atom is 0.408 e. The first-order valence-corrected chi connectivity index (χ1v) is 42.8. The Bertz CT molecular complexity index is 4560. The summed E-state index contributed by atoms with van der Waals surface area (Å²) < 4.78 is 104. The molecule has 1 unspecified atom stereocenters. The first kappa shape index (κ1) is 89.8. The molecule has 6 aromatic rings. The molecule has 2 saturated heterocycles. The van der Waals surface area contributed by atoms with Crippen molar-refractivity contribution in [2.75, 3.05) is 51.7 Å². The number of esters is 1. The number of methoxy groups -OCH3 is 1. The van der Waals surface area contributed by atoms with E-state index in [0.29, 0.717) is 73.4 Å². The second kappa shape index (κ2) is 37.9. The lowest BCUT2D eigenvalue weighted by Gasteiger charge is -2.36. The minimum atomic E-state index is -5.23. The van der Waals surface area contributed by atoms with E-state index in [1.54, 1.807) is 117 Å². The van der Waals surface area contributed by atoms with Crippen molar-refractivity contribution in [1.29, 1.82) is 0 Å². The van der Waals surface area contributed by atoms with Crippen molar-refractivity contribution in [3.8, 4) is 45.6 Å². The number of aromatic nitrogens is 3. The maximum atomic E-state index is 14.8. The number of benzene rings is 3. The lowest BCUT2D eigenvalue weighted by molar-refractivity contribution is -0.150. The molecule has 7 N–H and O–H groups in total. The fourth-order valence-corrected chi connectivity index (χ4v) is 16.7. The van der Waals surface area contributed by atoms with Crippen molar-refractivity contribution in [2.45, 2.75) is 220 Å². The summed E-state index contributed by atoms with van der Waals surface area (Å²) in [6.07, 6.45) is -2.98. The minimum Gasteiger partial charge on any atom is -0.497 e. The molecule has 9 atom stereocenters. The molecule has 6 amide bonds. The van der Waals surface area contributed by atoms with Gasteiger partial charge in [-0.25, -0.2) is 38.1 Å². The number of hydrogen-bond donors (Lipinski definition) is 7. The molecule has 4 fully saturated rings. The smallest absolute Gasteiger partial charge is 0.408 e. The van der Waals surface area contributed by atoms with Gasteiger partial charge in [0, 0.05) is 77.2 Å². The second-order valence-electron chi connectivity index (χ2n) is 32.1. The molecular formula is C80H108F2N10O20P2S. The van der Waals surface area contributed by atoms with E-state index in [2.05, 4.69) is 33.2 Å². The summed E-state index contributed by atoms with van der Waals surface area (Å²) in [5, 5.41) is 17.5. The average molecular weight is 1660 g/mol. The van der Waals surface area contributed by atoms with E-state index in [0.717, 1.165) is 36.1 Å². The highest BCUT2D eigenvalue weighted by Crippen LogP contribution is 2.50. The molecule has 3 aromatic carbocycles.